The number of imidazole rings is 1. The molecule has 1 aliphatic rings. The quantitative estimate of drug-likeness (QED) is 0.830. The number of hydrogen-bond acceptors (Lipinski definition) is 4. The number of nitrogens with one attached hydrogen (secondary N) is 2. The molecule has 0 aliphatic carbocycles. The molecule has 0 saturated carbocycles. The first kappa shape index (κ1) is 11.6. The van der Waals surface area contributed by atoms with Gasteiger partial charge in [0.25, 0.3) is 0 Å². The Labute approximate surface area is 107 Å². The van der Waals surface area contributed by atoms with Crippen LogP contribution in [-0.2, 0) is 6.54 Å². The minimum Gasteiger partial charge on any atom is -0.340 e. The van der Waals surface area contributed by atoms with Crippen LogP contribution >= 0.6 is 0 Å². The molecule has 3 rings (SSSR count). The molecule has 2 N–H and O–H groups in total. The van der Waals surface area contributed by atoms with Crippen molar-refractivity contribution in [1.82, 2.24) is 25.2 Å². The van der Waals surface area contributed by atoms with Gasteiger partial charge in [-0.2, -0.15) is 0 Å². The van der Waals surface area contributed by atoms with E-state index in [-0.39, 0.29) is 0 Å². The third kappa shape index (κ3) is 2.52. The van der Waals surface area contributed by atoms with Crippen LogP contribution < -0.4 is 5.32 Å². The van der Waals surface area contributed by atoms with Gasteiger partial charge in [-0.15, -0.1) is 0 Å². The maximum Gasteiger partial charge on any atom is 0.177 e. The van der Waals surface area contributed by atoms with Crippen molar-refractivity contribution in [2.45, 2.75) is 19.9 Å². The largest absolute Gasteiger partial charge is 0.340 e. The summed E-state index contributed by atoms with van der Waals surface area (Å²) in [5.41, 5.74) is 3.03. The Morgan fingerprint density at radius 2 is 2.28 bits per heavy atom. The molecule has 5 nitrogen and oxygen atoms in total. The van der Waals surface area contributed by atoms with Crippen LogP contribution in [0.2, 0.25) is 0 Å². The van der Waals surface area contributed by atoms with Crippen LogP contribution in [0.4, 0.5) is 0 Å². The Morgan fingerprint density at radius 1 is 1.33 bits per heavy atom. The molecule has 2 aromatic heterocycles. The van der Waals surface area contributed by atoms with Gasteiger partial charge in [0.05, 0.1) is 12.1 Å². The molecule has 1 fully saturated rings. The van der Waals surface area contributed by atoms with Gasteiger partial charge in [0.1, 0.15) is 5.82 Å². The molecule has 5 heteroatoms. The van der Waals surface area contributed by atoms with Crippen LogP contribution in [0.15, 0.2) is 12.3 Å². The fourth-order valence-corrected chi connectivity index (χ4v) is 2.40. The number of H-pyrrole nitrogens is 1. The van der Waals surface area contributed by atoms with E-state index in [0.717, 1.165) is 55.3 Å². The second kappa shape index (κ2) is 5.04. The monoisotopic (exact) mass is 245 g/mol. The van der Waals surface area contributed by atoms with Crippen LogP contribution in [-0.4, -0.2) is 46.0 Å². The number of hydrogen-bond donors (Lipinski definition) is 2. The normalized spacial score (nSPS) is 18.1. The number of aromatic amines is 1. The second-order valence-corrected chi connectivity index (χ2v) is 4.95. The summed E-state index contributed by atoms with van der Waals surface area (Å²) >= 11 is 0. The van der Waals surface area contributed by atoms with E-state index in [4.69, 9.17) is 0 Å². The Bertz CT molecular complexity index is 525. The van der Waals surface area contributed by atoms with E-state index < -0.39 is 0 Å². The van der Waals surface area contributed by atoms with Crippen molar-refractivity contribution < 1.29 is 0 Å². The average Bonchev–Trinajstić information content (AvgIpc) is 2.57. The van der Waals surface area contributed by atoms with Gasteiger partial charge in [-0.05, 0) is 38.1 Å². The second-order valence-electron chi connectivity index (χ2n) is 4.95. The number of aryl methyl sites for hydroxylation is 1. The smallest absolute Gasteiger partial charge is 0.177 e. The summed E-state index contributed by atoms with van der Waals surface area (Å²) in [6.45, 7) is 7.35. The molecule has 1 aliphatic heterocycles. The van der Waals surface area contributed by atoms with Crippen molar-refractivity contribution in [3.05, 3.63) is 23.7 Å². The minimum absolute atomic E-state index is 0.823. The van der Waals surface area contributed by atoms with Gasteiger partial charge in [0, 0.05) is 19.3 Å². The Balaban J connectivity index is 1.77. The lowest BCUT2D eigenvalue weighted by Crippen LogP contribution is -2.28. The van der Waals surface area contributed by atoms with E-state index in [2.05, 4.69) is 31.2 Å². The SMILES string of the molecule is Cc1cnc2nc(CN3CCCNCC3)[nH]c2c1. The van der Waals surface area contributed by atoms with E-state index in [9.17, 15) is 0 Å². The third-order valence-electron chi connectivity index (χ3n) is 3.33. The summed E-state index contributed by atoms with van der Waals surface area (Å²) in [4.78, 5) is 14.7. The average molecular weight is 245 g/mol. The van der Waals surface area contributed by atoms with Gasteiger partial charge in [-0.3, -0.25) is 4.90 Å². The third-order valence-corrected chi connectivity index (χ3v) is 3.33. The molecule has 0 aromatic carbocycles. The van der Waals surface area contributed by atoms with Crippen molar-refractivity contribution in [2.24, 2.45) is 0 Å². The number of pyridine rings is 1. The topological polar surface area (TPSA) is 56.8 Å². The summed E-state index contributed by atoms with van der Waals surface area (Å²) in [6.07, 6.45) is 3.07. The first-order chi connectivity index (χ1) is 8.81. The van der Waals surface area contributed by atoms with Gasteiger partial charge in [0.15, 0.2) is 5.65 Å². The minimum atomic E-state index is 0.823. The fraction of sp³-hybridized carbons (Fsp3) is 0.538. The van der Waals surface area contributed by atoms with Crippen LogP contribution in [0.5, 0.6) is 0 Å². The summed E-state index contributed by atoms with van der Waals surface area (Å²) in [7, 11) is 0. The molecule has 0 radical (unpaired) electrons. The molecule has 0 spiro atoms. The highest BCUT2D eigenvalue weighted by atomic mass is 15.2. The summed E-state index contributed by atoms with van der Waals surface area (Å²) in [5, 5.41) is 3.41. The zero-order valence-corrected chi connectivity index (χ0v) is 10.7. The summed E-state index contributed by atoms with van der Waals surface area (Å²) in [5.74, 6) is 1.02. The first-order valence-electron chi connectivity index (χ1n) is 6.55. The molecule has 96 valence electrons. The molecule has 0 amide bonds. The zero-order chi connectivity index (χ0) is 12.4. The first-order valence-corrected chi connectivity index (χ1v) is 6.55. The van der Waals surface area contributed by atoms with Crippen molar-refractivity contribution in [2.75, 3.05) is 26.2 Å². The lowest BCUT2D eigenvalue weighted by molar-refractivity contribution is 0.278. The number of nitrogens with zero attached hydrogens (tertiary/aromatic N) is 3. The highest BCUT2D eigenvalue weighted by molar-refractivity contribution is 5.70. The van der Waals surface area contributed by atoms with Crippen molar-refractivity contribution in [3.63, 3.8) is 0 Å². The summed E-state index contributed by atoms with van der Waals surface area (Å²) < 4.78 is 0. The Kier molecular flexibility index (Phi) is 3.25. The predicted molar refractivity (Wildman–Crippen MR) is 71.4 cm³/mol. The van der Waals surface area contributed by atoms with Gasteiger partial charge in [-0.1, -0.05) is 0 Å². The molecular weight excluding hydrogens is 226 g/mol. The van der Waals surface area contributed by atoms with E-state index >= 15 is 0 Å². The van der Waals surface area contributed by atoms with Crippen LogP contribution in [0.3, 0.4) is 0 Å². The van der Waals surface area contributed by atoms with Crippen LogP contribution in [0.25, 0.3) is 11.2 Å². The molecule has 0 unspecified atom stereocenters. The molecular formula is C13H19N5. The summed E-state index contributed by atoms with van der Waals surface area (Å²) in [6, 6.07) is 2.10. The van der Waals surface area contributed by atoms with Gasteiger partial charge in [0.2, 0.25) is 0 Å². The zero-order valence-electron chi connectivity index (χ0n) is 10.7. The van der Waals surface area contributed by atoms with Crippen LogP contribution in [0, 0.1) is 6.92 Å². The highest BCUT2D eigenvalue weighted by Gasteiger charge is 2.11. The fourth-order valence-electron chi connectivity index (χ4n) is 2.40. The Morgan fingerprint density at radius 3 is 3.22 bits per heavy atom. The number of fused-ring (bicyclic) bond motifs is 1. The standard InChI is InChI=1S/C13H19N5/c1-10-7-11-13(15-8-10)17-12(16-11)9-18-5-2-3-14-4-6-18/h7-8,14H,2-6,9H2,1H3,(H,15,16,17). The van der Waals surface area contributed by atoms with E-state index in [0.29, 0.717) is 0 Å². The lowest BCUT2D eigenvalue weighted by Gasteiger charge is -2.17. The molecule has 2 aromatic rings. The van der Waals surface area contributed by atoms with Crippen molar-refractivity contribution in [3.8, 4) is 0 Å². The van der Waals surface area contributed by atoms with Gasteiger partial charge < -0.3 is 10.3 Å². The van der Waals surface area contributed by atoms with Crippen molar-refractivity contribution >= 4 is 11.2 Å². The predicted octanol–water partition coefficient (Wildman–Crippen LogP) is 1.06. The highest BCUT2D eigenvalue weighted by Crippen LogP contribution is 2.12. The molecule has 3 heterocycles. The molecule has 1 saturated heterocycles. The van der Waals surface area contributed by atoms with Crippen LogP contribution in [0.1, 0.15) is 17.8 Å². The van der Waals surface area contributed by atoms with Crippen molar-refractivity contribution in [1.29, 1.82) is 0 Å². The number of rotatable bonds is 2. The Hall–Kier alpha value is -1.46. The lowest BCUT2D eigenvalue weighted by atomic mass is 10.3. The maximum absolute atomic E-state index is 4.55. The van der Waals surface area contributed by atoms with Gasteiger partial charge in [-0.25, -0.2) is 9.97 Å². The molecule has 0 bridgehead atoms. The molecule has 18 heavy (non-hydrogen) atoms. The van der Waals surface area contributed by atoms with E-state index in [1.807, 2.05) is 13.1 Å². The number of aromatic nitrogens is 3. The van der Waals surface area contributed by atoms with E-state index in [1.54, 1.807) is 0 Å². The maximum atomic E-state index is 4.55. The molecule has 0 atom stereocenters. The van der Waals surface area contributed by atoms with E-state index in [1.165, 1.54) is 6.42 Å². The van der Waals surface area contributed by atoms with Gasteiger partial charge >= 0.3 is 0 Å².